The number of halogens is 3. The van der Waals surface area contributed by atoms with E-state index < -0.39 is 12.0 Å². The van der Waals surface area contributed by atoms with Crippen LogP contribution in [0, 0.1) is 0 Å². The highest BCUT2D eigenvalue weighted by Crippen LogP contribution is 2.41. The number of hydrogen-bond donors (Lipinski definition) is 0. The van der Waals surface area contributed by atoms with Crippen molar-refractivity contribution in [2.75, 3.05) is 11.4 Å². The number of para-hydroxylation sites is 2. The van der Waals surface area contributed by atoms with Crippen molar-refractivity contribution in [2.45, 2.75) is 25.1 Å². The van der Waals surface area contributed by atoms with E-state index in [1.54, 1.807) is 35.6 Å². The Morgan fingerprint density at radius 3 is 2.46 bits per heavy atom. The van der Waals surface area contributed by atoms with Crippen LogP contribution in [0.5, 0.6) is 0 Å². The maximum atomic E-state index is 13.4. The molecule has 0 amide bonds. The second-order valence-corrected chi connectivity index (χ2v) is 7.82. The minimum Gasteiger partial charge on any atom is -0.347 e. The molecule has 1 aliphatic rings. The fourth-order valence-corrected chi connectivity index (χ4v) is 4.83. The van der Waals surface area contributed by atoms with Crippen molar-refractivity contribution < 1.29 is 13.2 Å². The van der Waals surface area contributed by atoms with E-state index in [1.807, 2.05) is 29.2 Å². The lowest BCUT2D eigenvalue weighted by Gasteiger charge is -2.26. The SMILES string of the molecule is FC(F)(F)c1nc(N2CCC[C@H]2c2nc3ccccc3s2)c2ccccc2n1. The molecule has 4 aromatic rings. The number of aromatic nitrogens is 3. The highest BCUT2D eigenvalue weighted by molar-refractivity contribution is 7.18. The smallest absolute Gasteiger partial charge is 0.347 e. The first-order valence-corrected chi connectivity index (χ1v) is 9.78. The second-order valence-electron chi connectivity index (χ2n) is 6.76. The molecule has 0 bridgehead atoms. The molecule has 0 aliphatic carbocycles. The summed E-state index contributed by atoms with van der Waals surface area (Å²) in [6, 6.07) is 14.6. The predicted molar refractivity (Wildman–Crippen MR) is 103 cm³/mol. The fraction of sp³-hybridized carbons (Fsp3) is 0.250. The summed E-state index contributed by atoms with van der Waals surface area (Å²) in [6.45, 7) is 0.638. The first kappa shape index (κ1) is 17.4. The number of benzene rings is 2. The maximum Gasteiger partial charge on any atom is 0.451 e. The Labute approximate surface area is 162 Å². The van der Waals surface area contributed by atoms with E-state index in [4.69, 9.17) is 4.98 Å². The molecule has 28 heavy (non-hydrogen) atoms. The highest BCUT2D eigenvalue weighted by Gasteiger charge is 2.38. The van der Waals surface area contributed by atoms with Crippen molar-refractivity contribution in [1.82, 2.24) is 15.0 Å². The average Bonchev–Trinajstić information content (AvgIpc) is 3.32. The van der Waals surface area contributed by atoms with Crippen LogP contribution < -0.4 is 4.90 Å². The van der Waals surface area contributed by atoms with Crippen LogP contribution in [0.1, 0.15) is 29.7 Å². The molecule has 0 radical (unpaired) electrons. The third-order valence-corrected chi connectivity index (χ3v) is 6.09. The van der Waals surface area contributed by atoms with Gasteiger partial charge in [0.15, 0.2) is 0 Å². The van der Waals surface area contributed by atoms with Crippen LogP contribution in [-0.2, 0) is 6.18 Å². The Hall–Kier alpha value is -2.74. The Morgan fingerprint density at radius 1 is 0.929 bits per heavy atom. The van der Waals surface area contributed by atoms with Gasteiger partial charge in [0.05, 0.1) is 21.8 Å². The molecule has 1 aliphatic heterocycles. The van der Waals surface area contributed by atoms with Gasteiger partial charge in [-0.25, -0.2) is 15.0 Å². The zero-order chi connectivity index (χ0) is 19.3. The molecule has 5 rings (SSSR count). The lowest BCUT2D eigenvalue weighted by Crippen LogP contribution is -2.25. The number of rotatable bonds is 2. The summed E-state index contributed by atoms with van der Waals surface area (Å²) >= 11 is 1.59. The first-order valence-electron chi connectivity index (χ1n) is 8.97. The van der Waals surface area contributed by atoms with Crippen LogP contribution in [0.3, 0.4) is 0 Å². The van der Waals surface area contributed by atoms with E-state index in [-0.39, 0.29) is 6.04 Å². The molecule has 4 nitrogen and oxygen atoms in total. The lowest BCUT2D eigenvalue weighted by atomic mass is 10.2. The zero-order valence-corrected chi connectivity index (χ0v) is 15.5. The highest BCUT2D eigenvalue weighted by atomic mass is 32.1. The van der Waals surface area contributed by atoms with Crippen molar-refractivity contribution >= 4 is 38.3 Å². The molecule has 1 atom stereocenters. The number of anilines is 1. The molecule has 0 N–H and O–H groups in total. The van der Waals surface area contributed by atoms with Crippen LogP contribution in [0.4, 0.5) is 19.0 Å². The summed E-state index contributed by atoms with van der Waals surface area (Å²) in [7, 11) is 0. The van der Waals surface area contributed by atoms with Crippen molar-refractivity contribution in [3.8, 4) is 0 Å². The molecule has 0 unspecified atom stereocenters. The minimum absolute atomic E-state index is 0.0863. The van der Waals surface area contributed by atoms with Gasteiger partial charge in [-0.2, -0.15) is 13.2 Å². The van der Waals surface area contributed by atoms with Gasteiger partial charge in [0, 0.05) is 11.9 Å². The third-order valence-electron chi connectivity index (χ3n) is 4.96. The third kappa shape index (κ3) is 2.88. The van der Waals surface area contributed by atoms with Crippen LogP contribution in [0.15, 0.2) is 48.5 Å². The van der Waals surface area contributed by atoms with Gasteiger partial charge in [-0.3, -0.25) is 0 Å². The summed E-state index contributed by atoms with van der Waals surface area (Å²) < 4.78 is 41.2. The minimum atomic E-state index is -4.59. The van der Waals surface area contributed by atoms with E-state index in [0.29, 0.717) is 23.3 Å². The molecule has 0 spiro atoms. The molecule has 1 saturated heterocycles. The second kappa shape index (κ2) is 6.41. The van der Waals surface area contributed by atoms with E-state index in [0.717, 1.165) is 28.1 Å². The van der Waals surface area contributed by atoms with Crippen LogP contribution in [-0.4, -0.2) is 21.5 Å². The molecule has 3 heterocycles. The standard InChI is InChI=1S/C20H15F3N4S/c21-20(22,23)19-25-13-7-2-1-6-12(13)17(26-19)27-11-5-9-15(27)18-24-14-8-3-4-10-16(14)28-18/h1-4,6-8,10,15H,5,9,11H2/t15-/m0/s1. The van der Waals surface area contributed by atoms with Crippen molar-refractivity contribution in [3.63, 3.8) is 0 Å². The van der Waals surface area contributed by atoms with Gasteiger partial charge in [0.2, 0.25) is 5.82 Å². The van der Waals surface area contributed by atoms with Gasteiger partial charge < -0.3 is 4.90 Å². The number of thiazole rings is 1. The van der Waals surface area contributed by atoms with Gasteiger partial charge in [-0.05, 0) is 37.1 Å². The summed E-state index contributed by atoms with van der Waals surface area (Å²) in [6.07, 6.45) is -2.89. The molecule has 142 valence electrons. The van der Waals surface area contributed by atoms with Gasteiger partial charge in [0.25, 0.3) is 0 Å². The number of alkyl halides is 3. The summed E-state index contributed by atoms with van der Waals surface area (Å²) in [5.74, 6) is -0.768. The van der Waals surface area contributed by atoms with Gasteiger partial charge in [-0.15, -0.1) is 11.3 Å². The van der Waals surface area contributed by atoms with Crippen LogP contribution in [0.25, 0.3) is 21.1 Å². The van der Waals surface area contributed by atoms with Gasteiger partial charge >= 0.3 is 6.18 Å². The topological polar surface area (TPSA) is 41.9 Å². The monoisotopic (exact) mass is 400 g/mol. The largest absolute Gasteiger partial charge is 0.451 e. The van der Waals surface area contributed by atoms with Crippen molar-refractivity contribution in [3.05, 3.63) is 59.4 Å². The molecular weight excluding hydrogens is 385 g/mol. The fourth-order valence-electron chi connectivity index (χ4n) is 3.72. The maximum absolute atomic E-state index is 13.4. The Balaban J connectivity index is 1.65. The Morgan fingerprint density at radius 2 is 1.68 bits per heavy atom. The van der Waals surface area contributed by atoms with Gasteiger partial charge in [-0.1, -0.05) is 24.3 Å². The Kier molecular flexibility index (Phi) is 3.97. The summed E-state index contributed by atoms with van der Waals surface area (Å²) in [5, 5.41) is 1.54. The van der Waals surface area contributed by atoms with Crippen molar-refractivity contribution in [1.29, 1.82) is 0 Å². The number of fused-ring (bicyclic) bond motifs is 2. The first-order chi connectivity index (χ1) is 13.5. The molecule has 2 aromatic carbocycles. The summed E-state index contributed by atoms with van der Waals surface area (Å²) in [4.78, 5) is 14.4. The normalized spacial score (nSPS) is 17.7. The molecule has 2 aromatic heterocycles. The van der Waals surface area contributed by atoms with E-state index in [1.165, 1.54) is 0 Å². The summed E-state index contributed by atoms with van der Waals surface area (Å²) in [5.41, 5.74) is 1.22. The molecule has 8 heteroatoms. The number of hydrogen-bond acceptors (Lipinski definition) is 5. The Bertz CT molecular complexity index is 1140. The van der Waals surface area contributed by atoms with E-state index in [2.05, 4.69) is 9.97 Å². The van der Waals surface area contributed by atoms with Crippen molar-refractivity contribution in [2.24, 2.45) is 0 Å². The predicted octanol–water partition coefficient (Wildman–Crippen LogP) is 5.60. The number of nitrogens with zero attached hydrogens (tertiary/aromatic N) is 4. The molecule has 0 saturated carbocycles. The van der Waals surface area contributed by atoms with Crippen LogP contribution >= 0.6 is 11.3 Å². The van der Waals surface area contributed by atoms with Gasteiger partial charge in [0.1, 0.15) is 10.8 Å². The quantitative estimate of drug-likeness (QED) is 0.439. The molecule has 1 fully saturated rings. The van der Waals surface area contributed by atoms with E-state index in [9.17, 15) is 13.2 Å². The van der Waals surface area contributed by atoms with E-state index >= 15 is 0 Å². The lowest BCUT2D eigenvalue weighted by molar-refractivity contribution is -0.144. The zero-order valence-electron chi connectivity index (χ0n) is 14.6. The molecular formula is C20H15F3N4S. The van der Waals surface area contributed by atoms with Crippen LogP contribution in [0.2, 0.25) is 0 Å². The average molecular weight is 400 g/mol.